The number of phenolic OH excluding ortho intramolecular Hbond substituents is 1. The zero-order valence-electron chi connectivity index (χ0n) is 20.7. The van der Waals surface area contributed by atoms with Gasteiger partial charge in [0.25, 0.3) is 5.91 Å². The summed E-state index contributed by atoms with van der Waals surface area (Å²) in [7, 11) is 0. The molecule has 0 unspecified atom stereocenters. The van der Waals surface area contributed by atoms with Crippen LogP contribution in [0.1, 0.15) is 74.1 Å². The molecule has 5 rings (SSSR count). The number of hydrogen-bond acceptors (Lipinski definition) is 7. The second-order valence-corrected chi connectivity index (χ2v) is 10.6. The van der Waals surface area contributed by atoms with Crippen molar-refractivity contribution in [3.63, 3.8) is 0 Å². The van der Waals surface area contributed by atoms with Crippen LogP contribution in [0.15, 0.2) is 34.6 Å². The zero-order chi connectivity index (χ0) is 26.8. The van der Waals surface area contributed by atoms with Gasteiger partial charge in [0.05, 0.1) is 11.1 Å². The summed E-state index contributed by atoms with van der Waals surface area (Å²) in [6.07, 6.45) is 4.97. The first-order chi connectivity index (χ1) is 17.5. The van der Waals surface area contributed by atoms with E-state index in [0.717, 1.165) is 30.4 Å². The van der Waals surface area contributed by atoms with Crippen molar-refractivity contribution in [2.75, 3.05) is 0 Å². The second kappa shape index (κ2) is 8.63. The number of aliphatic hydroxyl groups is 3. The molecule has 0 aromatic heterocycles. The lowest BCUT2D eigenvalue weighted by Gasteiger charge is -2.46. The smallest absolute Gasteiger partial charge is 0.255 e. The largest absolute Gasteiger partial charge is 0.508 e. The minimum Gasteiger partial charge on any atom is -0.508 e. The highest BCUT2D eigenvalue weighted by molar-refractivity contribution is 6.22. The lowest BCUT2D eigenvalue weighted by atomic mass is 9.59. The van der Waals surface area contributed by atoms with Gasteiger partial charge in [-0.25, -0.2) is 0 Å². The summed E-state index contributed by atoms with van der Waals surface area (Å²) in [4.78, 5) is 38.0. The van der Waals surface area contributed by atoms with Gasteiger partial charge in [-0.1, -0.05) is 31.8 Å². The Morgan fingerprint density at radius 1 is 1.16 bits per heavy atom. The molecular weight excluding hydrogens is 474 g/mol. The fraction of sp³-hybridized carbons (Fsp3) is 0.414. The van der Waals surface area contributed by atoms with Gasteiger partial charge in [0, 0.05) is 17.9 Å². The Balaban J connectivity index is 1.70. The Hall–Kier alpha value is -3.83. The Morgan fingerprint density at radius 3 is 2.51 bits per heavy atom. The Labute approximate surface area is 214 Å². The van der Waals surface area contributed by atoms with Crippen LogP contribution < -0.4 is 5.73 Å². The Kier molecular flexibility index (Phi) is 5.80. The van der Waals surface area contributed by atoms with E-state index in [1.807, 2.05) is 19.9 Å². The first-order valence-corrected chi connectivity index (χ1v) is 12.5. The van der Waals surface area contributed by atoms with E-state index in [2.05, 4.69) is 17.9 Å². The van der Waals surface area contributed by atoms with E-state index < -0.39 is 52.0 Å². The number of allylic oxidation sites excluding steroid dienone is 2. The highest BCUT2D eigenvalue weighted by Crippen LogP contribution is 2.53. The van der Waals surface area contributed by atoms with E-state index in [1.165, 1.54) is 0 Å². The van der Waals surface area contributed by atoms with Crippen LogP contribution in [-0.2, 0) is 20.8 Å². The molecule has 0 radical (unpaired) electrons. The molecule has 0 bridgehead atoms. The van der Waals surface area contributed by atoms with Crippen molar-refractivity contribution in [1.82, 2.24) is 0 Å². The van der Waals surface area contributed by atoms with Gasteiger partial charge in [0.15, 0.2) is 11.4 Å². The second-order valence-electron chi connectivity index (χ2n) is 10.6. The van der Waals surface area contributed by atoms with Gasteiger partial charge in [0.2, 0.25) is 5.78 Å². The SMILES string of the molecule is CC(C)c1cc(C#CC2=CCCC2)c(O)c2c1C[C@H]1C[C@H]3CC(=O)C(C(N)=O)=C(O)[C@@]3(O)C(=O)C1=C2O. The predicted molar refractivity (Wildman–Crippen MR) is 134 cm³/mol. The van der Waals surface area contributed by atoms with Crippen LogP contribution in [0, 0.1) is 23.7 Å². The molecule has 1 aromatic rings. The van der Waals surface area contributed by atoms with Crippen molar-refractivity contribution in [3.8, 4) is 17.6 Å². The van der Waals surface area contributed by atoms with Gasteiger partial charge in [-0.15, -0.1) is 0 Å². The lowest BCUT2D eigenvalue weighted by Crippen LogP contribution is -2.58. The number of phenols is 1. The van der Waals surface area contributed by atoms with E-state index >= 15 is 0 Å². The summed E-state index contributed by atoms with van der Waals surface area (Å²) in [6.45, 7) is 3.97. The van der Waals surface area contributed by atoms with Crippen LogP contribution in [0.5, 0.6) is 5.75 Å². The van der Waals surface area contributed by atoms with Gasteiger partial charge < -0.3 is 26.2 Å². The summed E-state index contributed by atoms with van der Waals surface area (Å²) in [5, 5.41) is 44.7. The molecular formula is C29H29NO7. The third-order valence-corrected chi connectivity index (χ3v) is 8.12. The molecule has 4 aliphatic rings. The van der Waals surface area contributed by atoms with Crippen molar-refractivity contribution >= 4 is 23.2 Å². The molecule has 0 aliphatic heterocycles. The van der Waals surface area contributed by atoms with E-state index in [0.29, 0.717) is 11.1 Å². The lowest BCUT2D eigenvalue weighted by molar-refractivity contribution is -0.147. The minimum absolute atomic E-state index is 0.0209. The van der Waals surface area contributed by atoms with Gasteiger partial charge in [0.1, 0.15) is 22.8 Å². The van der Waals surface area contributed by atoms with E-state index in [1.54, 1.807) is 0 Å². The topological polar surface area (TPSA) is 158 Å². The maximum atomic E-state index is 13.7. The fourth-order valence-electron chi connectivity index (χ4n) is 6.26. The van der Waals surface area contributed by atoms with Gasteiger partial charge in [-0.05, 0) is 66.7 Å². The molecule has 0 saturated heterocycles. The number of aliphatic hydroxyl groups excluding tert-OH is 2. The molecule has 3 atom stereocenters. The van der Waals surface area contributed by atoms with E-state index in [9.17, 15) is 34.8 Å². The summed E-state index contributed by atoms with van der Waals surface area (Å²) in [6, 6.07) is 1.82. The molecule has 1 saturated carbocycles. The highest BCUT2D eigenvalue weighted by atomic mass is 16.3. The average molecular weight is 504 g/mol. The standard InChI is InChI=1S/C29H29NO7/c1-13(2)18-10-15(8-7-14-5-3-4-6-14)24(32)22-19(18)11-16-9-17-12-20(31)23(28(30)36)27(35)29(17,37)26(34)21(16)25(22)33/h5,10,13,16-17,32-33,35,37H,3-4,6,9,11-12H2,1-2H3,(H2,30,36)/t16-,17+,29+/m1/s1. The van der Waals surface area contributed by atoms with E-state index in [-0.39, 0.29) is 42.1 Å². The molecule has 192 valence electrons. The number of primary amides is 1. The molecule has 8 nitrogen and oxygen atoms in total. The molecule has 8 heteroatoms. The van der Waals surface area contributed by atoms with Crippen molar-refractivity contribution < 1.29 is 34.8 Å². The predicted octanol–water partition coefficient (Wildman–Crippen LogP) is 3.01. The van der Waals surface area contributed by atoms with Gasteiger partial charge >= 0.3 is 0 Å². The Morgan fingerprint density at radius 2 is 1.89 bits per heavy atom. The van der Waals surface area contributed by atoms with Crippen molar-refractivity contribution in [2.45, 2.75) is 63.9 Å². The number of nitrogens with two attached hydrogens (primary N) is 1. The van der Waals surface area contributed by atoms with Gasteiger partial charge in [-0.3, -0.25) is 14.4 Å². The molecule has 37 heavy (non-hydrogen) atoms. The summed E-state index contributed by atoms with van der Waals surface area (Å²) < 4.78 is 0. The molecule has 4 aliphatic carbocycles. The molecule has 1 fully saturated rings. The number of carbonyl (C=O) groups excluding carboxylic acids is 3. The van der Waals surface area contributed by atoms with Crippen molar-refractivity contribution in [2.24, 2.45) is 17.6 Å². The molecule has 6 N–H and O–H groups in total. The van der Waals surface area contributed by atoms with Crippen LogP contribution >= 0.6 is 0 Å². The normalized spacial score (nSPS) is 26.9. The molecule has 0 spiro atoms. The molecule has 1 aromatic carbocycles. The number of fused-ring (bicyclic) bond motifs is 3. The fourth-order valence-corrected chi connectivity index (χ4v) is 6.26. The minimum atomic E-state index is -2.57. The third-order valence-electron chi connectivity index (χ3n) is 8.12. The summed E-state index contributed by atoms with van der Waals surface area (Å²) in [5.74, 6) is -0.215. The summed E-state index contributed by atoms with van der Waals surface area (Å²) >= 11 is 0. The number of aromatic hydroxyl groups is 1. The van der Waals surface area contributed by atoms with E-state index in [4.69, 9.17) is 5.73 Å². The molecule has 1 amide bonds. The summed E-state index contributed by atoms with van der Waals surface area (Å²) in [5.41, 5.74) is 4.67. The van der Waals surface area contributed by atoms with Crippen LogP contribution in [0.3, 0.4) is 0 Å². The average Bonchev–Trinajstić information content (AvgIpc) is 3.34. The van der Waals surface area contributed by atoms with Crippen molar-refractivity contribution in [1.29, 1.82) is 0 Å². The zero-order valence-corrected chi connectivity index (χ0v) is 20.7. The van der Waals surface area contributed by atoms with Gasteiger partial charge in [-0.2, -0.15) is 0 Å². The maximum absolute atomic E-state index is 13.7. The van der Waals surface area contributed by atoms with Crippen LogP contribution in [-0.4, -0.2) is 43.5 Å². The number of ketones is 2. The first-order valence-electron chi connectivity index (χ1n) is 12.5. The number of hydrogen-bond donors (Lipinski definition) is 5. The number of rotatable bonds is 2. The highest BCUT2D eigenvalue weighted by Gasteiger charge is 2.60. The van der Waals surface area contributed by atoms with Crippen LogP contribution in [0.2, 0.25) is 0 Å². The Bertz CT molecular complexity index is 1430. The number of Topliss-reactive ketones (excluding diaryl/α,β-unsaturated/α-hetero) is 2. The number of carbonyl (C=O) groups is 3. The number of benzene rings is 1. The first kappa shape index (κ1) is 24.8. The monoisotopic (exact) mass is 503 g/mol. The number of amides is 1. The molecule has 0 heterocycles. The third kappa shape index (κ3) is 3.60. The van der Waals surface area contributed by atoms with Crippen LogP contribution in [0.25, 0.3) is 5.76 Å². The van der Waals surface area contributed by atoms with Crippen LogP contribution in [0.4, 0.5) is 0 Å². The maximum Gasteiger partial charge on any atom is 0.255 e. The quantitative estimate of drug-likeness (QED) is 0.306. The van der Waals surface area contributed by atoms with Crippen molar-refractivity contribution in [3.05, 3.63) is 56.9 Å².